The Bertz CT molecular complexity index is 371. The summed E-state index contributed by atoms with van der Waals surface area (Å²) in [6, 6.07) is -0.825. The average molecular weight is 296 g/mol. The van der Waals surface area contributed by atoms with Crippen molar-refractivity contribution in [3.8, 4) is 0 Å². The number of β-amino-alcohol motifs (C(OH)–C–C–N with tert-alkyl or cyclic N) is 1. The predicted molar refractivity (Wildman–Crippen MR) is 63.7 cm³/mol. The van der Waals surface area contributed by atoms with Crippen molar-refractivity contribution < 1.29 is 27.8 Å². The van der Waals surface area contributed by atoms with E-state index >= 15 is 0 Å². The average Bonchev–Trinajstić information content (AvgIpc) is 2.82. The van der Waals surface area contributed by atoms with E-state index in [9.17, 15) is 23.1 Å². The molecule has 1 amide bonds. The number of nitrogens with two attached hydrogens (primary N) is 1. The van der Waals surface area contributed by atoms with Crippen molar-refractivity contribution in [1.82, 2.24) is 4.90 Å². The van der Waals surface area contributed by atoms with Crippen molar-refractivity contribution in [3.63, 3.8) is 0 Å². The molecule has 5 nitrogen and oxygen atoms in total. The van der Waals surface area contributed by atoms with Crippen LogP contribution in [-0.4, -0.2) is 60.0 Å². The zero-order chi connectivity index (χ0) is 15.0. The quantitative estimate of drug-likeness (QED) is 0.767. The molecule has 0 aliphatic carbocycles. The summed E-state index contributed by atoms with van der Waals surface area (Å²) in [5.41, 5.74) is 3.05. The topological polar surface area (TPSA) is 75.8 Å². The van der Waals surface area contributed by atoms with Crippen LogP contribution in [0.5, 0.6) is 0 Å². The highest BCUT2D eigenvalue weighted by molar-refractivity contribution is 5.82. The molecule has 0 aromatic rings. The van der Waals surface area contributed by atoms with Gasteiger partial charge < -0.3 is 20.5 Å². The first-order chi connectivity index (χ1) is 9.24. The second kappa shape index (κ2) is 5.50. The van der Waals surface area contributed by atoms with Crippen LogP contribution in [0.15, 0.2) is 0 Å². The van der Waals surface area contributed by atoms with E-state index in [1.807, 2.05) is 0 Å². The Kier molecular flexibility index (Phi) is 4.27. The number of hydrogen-bond donors (Lipinski definition) is 2. The van der Waals surface area contributed by atoms with E-state index in [2.05, 4.69) is 0 Å². The van der Waals surface area contributed by atoms with Crippen molar-refractivity contribution in [3.05, 3.63) is 0 Å². The van der Waals surface area contributed by atoms with Crippen LogP contribution in [-0.2, 0) is 9.53 Å². The molecule has 2 fully saturated rings. The Labute approximate surface area is 114 Å². The molecule has 2 heterocycles. The molecule has 0 saturated carbocycles. The van der Waals surface area contributed by atoms with Crippen LogP contribution in [0.2, 0.25) is 0 Å². The highest BCUT2D eigenvalue weighted by Crippen LogP contribution is 2.38. The Morgan fingerprint density at radius 2 is 2.00 bits per heavy atom. The van der Waals surface area contributed by atoms with Gasteiger partial charge in [-0.2, -0.15) is 13.2 Å². The molecule has 20 heavy (non-hydrogen) atoms. The van der Waals surface area contributed by atoms with E-state index in [0.717, 1.165) is 4.90 Å². The molecular formula is C12H19F3N2O3. The van der Waals surface area contributed by atoms with Crippen LogP contribution >= 0.6 is 0 Å². The van der Waals surface area contributed by atoms with E-state index in [-0.39, 0.29) is 12.5 Å². The SMILES string of the molecule is NC(C(=O)N1CCC(O)(C(F)(F)F)C1)C1CCOCC1. The summed E-state index contributed by atoms with van der Waals surface area (Å²) in [7, 11) is 0. The van der Waals surface area contributed by atoms with E-state index in [4.69, 9.17) is 10.5 Å². The molecule has 2 unspecified atom stereocenters. The number of aliphatic hydroxyl groups is 1. The van der Waals surface area contributed by atoms with Gasteiger partial charge in [0.2, 0.25) is 5.91 Å². The molecule has 2 rings (SSSR count). The maximum atomic E-state index is 12.7. The summed E-state index contributed by atoms with van der Waals surface area (Å²) in [6.45, 7) is 0.175. The molecule has 2 aliphatic rings. The molecule has 0 spiro atoms. The first kappa shape index (κ1) is 15.5. The van der Waals surface area contributed by atoms with Crippen molar-refractivity contribution in [1.29, 1.82) is 0 Å². The van der Waals surface area contributed by atoms with Crippen molar-refractivity contribution >= 4 is 5.91 Å². The van der Waals surface area contributed by atoms with Gasteiger partial charge in [0, 0.05) is 26.2 Å². The van der Waals surface area contributed by atoms with Gasteiger partial charge in [-0.15, -0.1) is 0 Å². The van der Waals surface area contributed by atoms with Crippen LogP contribution in [0, 0.1) is 5.92 Å². The second-order valence-electron chi connectivity index (χ2n) is 5.51. The molecule has 2 saturated heterocycles. The minimum absolute atomic E-state index is 0.0733. The Morgan fingerprint density at radius 3 is 2.50 bits per heavy atom. The minimum Gasteiger partial charge on any atom is -0.381 e. The van der Waals surface area contributed by atoms with Gasteiger partial charge in [-0.25, -0.2) is 0 Å². The first-order valence-electron chi connectivity index (χ1n) is 6.66. The molecule has 0 bridgehead atoms. The zero-order valence-corrected chi connectivity index (χ0v) is 11.0. The van der Waals surface area contributed by atoms with Gasteiger partial charge in [0.1, 0.15) is 0 Å². The molecule has 0 radical (unpaired) electrons. The van der Waals surface area contributed by atoms with E-state index in [1.165, 1.54) is 0 Å². The van der Waals surface area contributed by atoms with Gasteiger partial charge >= 0.3 is 6.18 Å². The summed E-state index contributed by atoms with van der Waals surface area (Å²) in [5.74, 6) is -0.590. The number of hydrogen-bond acceptors (Lipinski definition) is 4. The minimum atomic E-state index is -4.73. The highest BCUT2D eigenvalue weighted by Gasteiger charge is 2.58. The molecule has 0 aromatic heterocycles. The number of alkyl halides is 3. The molecular weight excluding hydrogens is 277 g/mol. The number of halogens is 3. The fourth-order valence-corrected chi connectivity index (χ4v) is 2.70. The normalized spacial score (nSPS) is 30.6. The van der Waals surface area contributed by atoms with Gasteiger partial charge in [-0.05, 0) is 18.8 Å². The van der Waals surface area contributed by atoms with E-state index in [1.54, 1.807) is 0 Å². The number of nitrogens with zero attached hydrogens (tertiary/aromatic N) is 1. The molecule has 3 N–H and O–H groups in total. The number of likely N-dealkylation sites (tertiary alicyclic amines) is 1. The van der Waals surface area contributed by atoms with Gasteiger partial charge in [-0.1, -0.05) is 0 Å². The van der Waals surface area contributed by atoms with Crippen molar-refractivity contribution in [2.45, 2.75) is 37.1 Å². The standard InChI is InChI=1S/C12H19F3N2O3/c13-12(14,15)11(19)3-4-17(7-11)10(18)9(16)8-1-5-20-6-2-8/h8-9,19H,1-7,16H2. The maximum Gasteiger partial charge on any atom is 0.419 e. The van der Waals surface area contributed by atoms with Crippen LogP contribution in [0.1, 0.15) is 19.3 Å². The number of rotatable bonds is 2. The van der Waals surface area contributed by atoms with Crippen molar-refractivity contribution in [2.24, 2.45) is 11.7 Å². The Hall–Kier alpha value is -0.860. The monoisotopic (exact) mass is 296 g/mol. The largest absolute Gasteiger partial charge is 0.419 e. The fourth-order valence-electron chi connectivity index (χ4n) is 2.70. The van der Waals surface area contributed by atoms with E-state index in [0.29, 0.717) is 26.1 Å². The molecule has 2 atom stereocenters. The maximum absolute atomic E-state index is 12.7. The van der Waals surface area contributed by atoms with Crippen molar-refractivity contribution in [2.75, 3.05) is 26.3 Å². The molecule has 116 valence electrons. The molecule has 8 heteroatoms. The summed E-state index contributed by atoms with van der Waals surface area (Å²) < 4.78 is 43.3. The number of carbonyl (C=O) groups excluding carboxylic acids is 1. The lowest BCUT2D eigenvalue weighted by Gasteiger charge is -2.31. The van der Waals surface area contributed by atoms with E-state index < -0.39 is 36.7 Å². The predicted octanol–water partition coefficient (Wildman–Crippen LogP) is 0.266. The lowest BCUT2D eigenvalue weighted by Crippen LogP contribution is -2.52. The number of ether oxygens (including phenoxy) is 1. The second-order valence-corrected chi connectivity index (χ2v) is 5.51. The van der Waals surface area contributed by atoms with Crippen LogP contribution in [0.4, 0.5) is 13.2 Å². The smallest absolute Gasteiger partial charge is 0.381 e. The molecule has 0 aromatic carbocycles. The van der Waals surface area contributed by atoms with Gasteiger partial charge in [0.15, 0.2) is 5.60 Å². The Balaban J connectivity index is 1.97. The number of carbonyl (C=O) groups is 1. The van der Waals surface area contributed by atoms with Gasteiger partial charge in [0.25, 0.3) is 0 Å². The zero-order valence-electron chi connectivity index (χ0n) is 11.0. The Morgan fingerprint density at radius 1 is 1.40 bits per heavy atom. The third-order valence-electron chi connectivity index (χ3n) is 4.15. The summed E-state index contributed by atoms with van der Waals surface area (Å²) in [5, 5.41) is 9.56. The summed E-state index contributed by atoms with van der Waals surface area (Å²) in [4.78, 5) is 13.2. The van der Waals surface area contributed by atoms with Crippen LogP contribution < -0.4 is 5.73 Å². The van der Waals surface area contributed by atoms with Crippen LogP contribution in [0.3, 0.4) is 0 Å². The third kappa shape index (κ3) is 2.91. The summed E-state index contributed by atoms with van der Waals surface area (Å²) in [6.07, 6.45) is -3.97. The van der Waals surface area contributed by atoms with Gasteiger partial charge in [-0.3, -0.25) is 4.79 Å². The number of amides is 1. The molecule has 2 aliphatic heterocycles. The lowest BCUT2D eigenvalue weighted by atomic mass is 9.91. The van der Waals surface area contributed by atoms with Gasteiger partial charge in [0.05, 0.1) is 12.6 Å². The summed E-state index contributed by atoms with van der Waals surface area (Å²) >= 11 is 0. The third-order valence-corrected chi connectivity index (χ3v) is 4.15. The van der Waals surface area contributed by atoms with Crippen LogP contribution in [0.25, 0.3) is 0 Å². The first-order valence-corrected chi connectivity index (χ1v) is 6.66. The highest BCUT2D eigenvalue weighted by atomic mass is 19.4. The lowest BCUT2D eigenvalue weighted by molar-refractivity contribution is -0.253. The fraction of sp³-hybridized carbons (Fsp3) is 0.917.